The number of benzene rings is 2. The highest BCUT2D eigenvalue weighted by Gasteiger charge is 2.35. The molecule has 2 aromatic carbocycles. The van der Waals surface area contributed by atoms with E-state index in [1.54, 1.807) is 0 Å². The van der Waals surface area contributed by atoms with Crippen molar-refractivity contribution in [1.29, 1.82) is 0 Å². The third-order valence-electron chi connectivity index (χ3n) is 2.90. The molecule has 1 aliphatic heterocycles. The number of rotatable bonds is 3. The summed E-state index contributed by atoms with van der Waals surface area (Å²) in [5, 5.41) is 0. The van der Waals surface area contributed by atoms with Crippen molar-refractivity contribution < 1.29 is 9.47 Å². The molecular formula is C15H14O2. The molecule has 2 unspecified atom stereocenters. The van der Waals surface area contributed by atoms with E-state index in [-0.39, 0.29) is 6.10 Å². The normalized spacial score (nSPS) is 22.2. The van der Waals surface area contributed by atoms with Crippen LogP contribution in [0.1, 0.15) is 18.6 Å². The van der Waals surface area contributed by atoms with Gasteiger partial charge in [0.05, 0.1) is 6.10 Å². The summed E-state index contributed by atoms with van der Waals surface area (Å²) in [5.74, 6) is 1.71. The summed E-state index contributed by atoms with van der Waals surface area (Å²) in [6, 6.07) is 17.9. The Morgan fingerprint density at radius 2 is 1.47 bits per heavy atom. The Morgan fingerprint density at radius 3 is 2.06 bits per heavy atom. The first-order valence-corrected chi connectivity index (χ1v) is 5.81. The van der Waals surface area contributed by atoms with E-state index in [2.05, 4.69) is 19.1 Å². The molecule has 0 spiro atoms. The first-order chi connectivity index (χ1) is 8.33. The molecule has 1 saturated heterocycles. The lowest BCUT2D eigenvalue weighted by molar-refractivity contribution is 0.383. The lowest BCUT2D eigenvalue weighted by Crippen LogP contribution is -1.86. The molecule has 2 aromatic rings. The van der Waals surface area contributed by atoms with Crippen molar-refractivity contribution in [3.05, 3.63) is 60.2 Å². The van der Waals surface area contributed by atoms with Crippen LogP contribution in [0.4, 0.5) is 0 Å². The van der Waals surface area contributed by atoms with Crippen LogP contribution < -0.4 is 4.74 Å². The number of para-hydroxylation sites is 1. The van der Waals surface area contributed by atoms with Gasteiger partial charge >= 0.3 is 0 Å². The van der Waals surface area contributed by atoms with E-state index in [1.807, 2.05) is 42.5 Å². The zero-order chi connectivity index (χ0) is 11.7. The van der Waals surface area contributed by atoms with Crippen LogP contribution in [0.5, 0.6) is 11.5 Å². The van der Waals surface area contributed by atoms with Gasteiger partial charge in [-0.25, -0.2) is 0 Å². The second-order valence-corrected chi connectivity index (χ2v) is 4.25. The van der Waals surface area contributed by atoms with Crippen molar-refractivity contribution in [3.63, 3.8) is 0 Å². The molecule has 0 saturated carbocycles. The van der Waals surface area contributed by atoms with E-state index < -0.39 is 0 Å². The molecule has 1 fully saturated rings. The van der Waals surface area contributed by atoms with Crippen molar-refractivity contribution >= 4 is 0 Å². The van der Waals surface area contributed by atoms with E-state index >= 15 is 0 Å². The van der Waals surface area contributed by atoms with Crippen LogP contribution in [-0.2, 0) is 4.74 Å². The van der Waals surface area contributed by atoms with Gasteiger partial charge in [0.25, 0.3) is 0 Å². The minimum Gasteiger partial charge on any atom is -0.457 e. The third kappa shape index (κ3) is 2.32. The molecule has 0 radical (unpaired) electrons. The number of ether oxygens (including phenoxy) is 2. The Hall–Kier alpha value is -1.80. The summed E-state index contributed by atoms with van der Waals surface area (Å²) in [6.07, 6.45) is 0.636. The van der Waals surface area contributed by atoms with Gasteiger partial charge in [-0.15, -0.1) is 0 Å². The van der Waals surface area contributed by atoms with Crippen LogP contribution in [0.15, 0.2) is 54.6 Å². The summed E-state index contributed by atoms with van der Waals surface area (Å²) >= 11 is 0. The lowest BCUT2D eigenvalue weighted by Gasteiger charge is -2.05. The highest BCUT2D eigenvalue weighted by Crippen LogP contribution is 2.38. The summed E-state index contributed by atoms with van der Waals surface area (Å²) in [5.41, 5.74) is 1.22. The van der Waals surface area contributed by atoms with E-state index in [1.165, 1.54) is 5.56 Å². The number of hydrogen-bond acceptors (Lipinski definition) is 2. The molecule has 0 aromatic heterocycles. The van der Waals surface area contributed by atoms with Gasteiger partial charge in [-0.3, -0.25) is 0 Å². The van der Waals surface area contributed by atoms with Crippen molar-refractivity contribution in [2.75, 3.05) is 0 Å². The standard InChI is InChI=1S/C15H14O2/c1-11-15(16-11)12-7-9-14(10-8-12)17-13-5-3-2-4-6-13/h2-11,15H,1H3. The number of epoxide rings is 1. The monoisotopic (exact) mass is 226 g/mol. The average Bonchev–Trinajstić information content (AvgIpc) is 3.09. The van der Waals surface area contributed by atoms with Crippen molar-refractivity contribution in [3.8, 4) is 11.5 Å². The number of hydrogen-bond donors (Lipinski definition) is 0. The predicted octanol–water partition coefficient (Wildman–Crippen LogP) is 3.94. The molecule has 86 valence electrons. The van der Waals surface area contributed by atoms with Crippen LogP contribution in [0.25, 0.3) is 0 Å². The topological polar surface area (TPSA) is 21.8 Å². The van der Waals surface area contributed by atoms with Gasteiger partial charge < -0.3 is 9.47 Å². The van der Waals surface area contributed by atoms with E-state index in [9.17, 15) is 0 Å². The molecule has 1 heterocycles. The minimum atomic E-state index is 0.278. The van der Waals surface area contributed by atoms with E-state index in [0.29, 0.717) is 6.10 Å². The maximum Gasteiger partial charge on any atom is 0.127 e. The Balaban J connectivity index is 1.72. The summed E-state index contributed by atoms with van der Waals surface area (Å²) in [6.45, 7) is 2.08. The Kier molecular flexibility index (Phi) is 2.57. The van der Waals surface area contributed by atoms with Crippen LogP contribution in [-0.4, -0.2) is 6.10 Å². The molecule has 17 heavy (non-hydrogen) atoms. The molecule has 2 nitrogen and oxygen atoms in total. The van der Waals surface area contributed by atoms with Crippen molar-refractivity contribution in [2.45, 2.75) is 19.1 Å². The largest absolute Gasteiger partial charge is 0.457 e. The van der Waals surface area contributed by atoms with Gasteiger partial charge in [-0.1, -0.05) is 30.3 Å². The molecule has 1 aliphatic rings. The molecule has 2 atom stereocenters. The highest BCUT2D eigenvalue weighted by molar-refractivity contribution is 5.34. The molecule has 0 aliphatic carbocycles. The maximum absolute atomic E-state index is 5.72. The van der Waals surface area contributed by atoms with Crippen molar-refractivity contribution in [1.82, 2.24) is 0 Å². The highest BCUT2D eigenvalue weighted by atomic mass is 16.6. The zero-order valence-corrected chi connectivity index (χ0v) is 9.67. The molecule has 0 amide bonds. The fourth-order valence-corrected chi connectivity index (χ4v) is 1.89. The molecular weight excluding hydrogens is 212 g/mol. The predicted molar refractivity (Wildman–Crippen MR) is 66.2 cm³/mol. The van der Waals surface area contributed by atoms with Crippen LogP contribution in [0.2, 0.25) is 0 Å². The average molecular weight is 226 g/mol. The lowest BCUT2D eigenvalue weighted by atomic mass is 10.1. The first-order valence-electron chi connectivity index (χ1n) is 5.81. The fraction of sp³-hybridized carbons (Fsp3) is 0.200. The van der Waals surface area contributed by atoms with Crippen LogP contribution in [0.3, 0.4) is 0 Å². The quantitative estimate of drug-likeness (QED) is 0.739. The van der Waals surface area contributed by atoms with E-state index in [0.717, 1.165) is 11.5 Å². The van der Waals surface area contributed by atoms with Crippen LogP contribution >= 0.6 is 0 Å². The van der Waals surface area contributed by atoms with E-state index in [4.69, 9.17) is 9.47 Å². The fourth-order valence-electron chi connectivity index (χ4n) is 1.89. The summed E-state index contributed by atoms with van der Waals surface area (Å²) < 4.78 is 11.1. The molecule has 0 N–H and O–H groups in total. The van der Waals surface area contributed by atoms with Gasteiger partial charge in [0.15, 0.2) is 0 Å². The minimum absolute atomic E-state index is 0.278. The maximum atomic E-state index is 5.72. The molecule has 3 rings (SSSR count). The van der Waals surface area contributed by atoms with Crippen molar-refractivity contribution in [2.24, 2.45) is 0 Å². The van der Waals surface area contributed by atoms with Gasteiger partial charge in [0.2, 0.25) is 0 Å². The third-order valence-corrected chi connectivity index (χ3v) is 2.90. The second-order valence-electron chi connectivity index (χ2n) is 4.25. The van der Waals surface area contributed by atoms with Gasteiger partial charge in [0, 0.05) is 0 Å². The van der Waals surface area contributed by atoms with Gasteiger partial charge in [0.1, 0.15) is 17.6 Å². The first kappa shape index (κ1) is 10.4. The molecule has 2 heteroatoms. The molecule has 0 bridgehead atoms. The van der Waals surface area contributed by atoms with Crippen LogP contribution in [0, 0.1) is 0 Å². The summed E-state index contributed by atoms with van der Waals surface area (Å²) in [7, 11) is 0. The SMILES string of the molecule is CC1OC1c1ccc(Oc2ccccc2)cc1. The van der Waals surface area contributed by atoms with Gasteiger partial charge in [-0.2, -0.15) is 0 Å². The Bertz CT molecular complexity index is 490. The summed E-state index contributed by atoms with van der Waals surface area (Å²) in [4.78, 5) is 0. The zero-order valence-electron chi connectivity index (χ0n) is 9.67. The smallest absolute Gasteiger partial charge is 0.127 e. The Morgan fingerprint density at radius 1 is 0.882 bits per heavy atom. The second kappa shape index (κ2) is 4.22. The Labute approximate surface area is 101 Å². The van der Waals surface area contributed by atoms with Gasteiger partial charge in [-0.05, 0) is 36.8 Å².